The number of pyridine rings is 2. The fourth-order valence-corrected chi connectivity index (χ4v) is 5.65. The first-order chi connectivity index (χ1) is 14.6. The molecular weight excluding hydrogens is 394 g/mol. The van der Waals surface area contributed by atoms with Crippen LogP contribution in [0.2, 0.25) is 0 Å². The normalized spacial score (nSPS) is 20.4. The molecule has 2 atom stereocenters. The monoisotopic (exact) mass is 421 g/mol. The van der Waals surface area contributed by atoms with Gasteiger partial charge in [0.05, 0.1) is 6.54 Å². The number of anilines is 1. The molecule has 0 aliphatic carbocycles. The van der Waals surface area contributed by atoms with E-state index in [1.54, 1.807) is 11.3 Å². The van der Waals surface area contributed by atoms with Crippen molar-refractivity contribution >= 4 is 17.0 Å². The lowest BCUT2D eigenvalue weighted by atomic mass is 9.82. The molecule has 30 heavy (non-hydrogen) atoms. The highest BCUT2D eigenvalue weighted by Crippen LogP contribution is 2.37. The summed E-state index contributed by atoms with van der Waals surface area (Å²) in [5, 5.41) is 3.07. The summed E-state index contributed by atoms with van der Waals surface area (Å²) >= 11 is 1.65. The minimum Gasteiger partial charge on any atom is -0.370 e. The Balaban J connectivity index is 1.36. The van der Waals surface area contributed by atoms with E-state index in [1.165, 1.54) is 17.8 Å². The first kappa shape index (κ1) is 19.5. The molecule has 0 unspecified atom stereocenters. The van der Waals surface area contributed by atoms with E-state index < -0.39 is 0 Å². The van der Waals surface area contributed by atoms with E-state index in [9.17, 15) is 4.79 Å². The van der Waals surface area contributed by atoms with Crippen molar-refractivity contribution in [2.75, 3.05) is 25.0 Å². The Morgan fingerprint density at radius 1 is 1.13 bits per heavy atom. The van der Waals surface area contributed by atoms with E-state index >= 15 is 0 Å². The summed E-state index contributed by atoms with van der Waals surface area (Å²) < 4.78 is 2.06. The van der Waals surface area contributed by atoms with Crippen LogP contribution >= 0.6 is 11.3 Å². The molecule has 2 bridgehead atoms. The zero-order valence-electron chi connectivity index (χ0n) is 17.5. The highest BCUT2D eigenvalue weighted by molar-refractivity contribution is 7.09. The number of hydrogen-bond acceptors (Lipinski definition) is 6. The Bertz CT molecular complexity index is 1090. The van der Waals surface area contributed by atoms with Crippen molar-refractivity contribution in [2.45, 2.75) is 38.9 Å². The molecule has 0 amide bonds. The SMILES string of the molecule is Cc1cc(N2C[C@@H]3C[C@H](C2)c2ccc(CN(C)Cc4nccs4)c(=O)n2C3)ccn1. The molecule has 3 aromatic rings. The van der Waals surface area contributed by atoms with E-state index in [0.29, 0.717) is 18.4 Å². The largest absolute Gasteiger partial charge is 0.370 e. The van der Waals surface area contributed by atoms with Gasteiger partial charge >= 0.3 is 0 Å². The summed E-state index contributed by atoms with van der Waals surface area (Å²) in [5.41, 5.74) is 4.54. The van der Waals surface area contributed by atoms with Gasteiger partial charge in [-0.1, -0.05) is 6.07 Å². The molecule has 0 spiro atoms. The van der Waals surface area contributed by atoms with E-state index in [1.807, 2.05) is 37.8 Å². The fourth-order valence-electron chi connectivity index (χ4n) is 4.96. The summed E-state index contributed by atoms with van der Waals surface area (Å²) in [5.74, 6) is 0.909. The van der Waals surface area contributed by atoms with Crippen LogP contribution in [0, 0.1) is 12.8 Å². The lowest BCUT2D eigenvalue weighted by Gasteiger charge is -2.44. The van der Waals surface area contributed by atoms with Gasteiger partial charge in [-0.3, -0.25) is 14.7 Å². The number of hydrogen-bond donors (Lipinski definition) is 0. The Hall–Kier alpha value is -2.51. The molecule has 2 aliphatic rings. The molecule has 3 aromatic heterocycles. The number of aryl methyl sites for hydroxylation is 1. The first-order valence-electron chi connectivity index (χ1n) is 10.5. The van der Waals surface area contributed by atoms with Crippen LogP contribution in [0.25, 0.3) is 0 Å². The van der Waals surface area contributed by atoms with Gasteiger partial charge in [-0.2, -0.15) is 0 Å². The maximum absolute atomic E-state index is 13.3. The maximum atomic E-state index is 13.3. The van der Waals surface area contributed by atoms with Gasteiger partial charge in [0.25, 0.3) is 5.56 Å². The second-order valence-corrected chi connectivity index (χ2v) is 9.64. The lowest BCUT2D eigenvalue weighted by Crippen LogP contribution is -2.47. The molecule has 156 valence electrons. The third-order valence-corrected chi connectivity index (χ3v) is 7.02. The van der Waals surface area contributed by atoms with E-state index in [4.69, 9.17) is 0 Å². The Morgan fingerprint density at radius 3 is 2.83 bits per heavy atom. The van der Waals surface area contributed by atoms with Crippen molar-refractivity contribution in [3.63, 3.8) is 0 Å². The van der Waals surface area contributed by atoms with E-state index in [2.05, 4.69) is 42.5 Å². The van der Waals surface area contributed by atoms with Gasteiger partial charge in [0.2, 0.25) is 0 Å². The zero-order valence-corrected chi connectivity index (χ0v) is 18.3. The van der Waals surface area contributed by atoms with Crippen LogP contribution in [-0.2, 0) is 19.6 Å². The second kappa shape index (κ2) is 7.96. The maximum Gasteiger partial charge on any atom is 0.255 e. The van der Waals surface area contributed by atoms with Crippen molar-refractivity contribution in [1.29, 1.82) is 0 Å². The molecule has 0 aromatic carbocycles. The molecule has 2 aliphatic heterocycles. The summed E-state index contributed by atoms with van der Waals surface area (Å²) in [6, 6.07) is 8.50. The van der Waals surface area contributed by atoms with E-state index in [0.717, 1.165) is 42.4 Å². The summed E-state index contributed by atoms with van der Waals surface area (Å²) in [4.78, 5) is 26.6. The van der Waals surface area contributed by atoms with Gasteiger partial charge in [0, 0.05) is 72.5 Å². The molecule has 5 rings (SSSR count). The number of nitrogens with zero attached hydrogens (tertiary/aromatic N) is 5. The third-order valence-electron chi connectivity index (χ3n) is 6.26. The lowest BCUT2D eigenvalue weighted by molar-refractivity contribution is 0.276. The number of aromatic nitrogens is 3. The summed E-state index contributed by atoms with van der Waals surface area (Å²) in [6.07, 6.45) is 4.89. The average Bonchev–Trinajstić information content (AvgIpc) is 3.23. The van der Waals surface area contributed by atoms with Crippen LogP contribution in [0.4, 0.5) is 5.69 Å². The molecule has 7 heteroatoms. The standard InChI is InChI=1S/C23H27N5OS/c1-16-9-20(5-6-24-16)27-11-17-10-19(14-27)21-4-3-18(23(29)28(21)12-17)13-26(2)15-22-25-7-8-30-22/h3-9,17,19H,10-15H2,1-2H3/t17-,19+/m0/s1. The molecule has 1 fully saturated rings. The molecule has 0 N–H and O–H groups in total. The molecule has 0 saturated carbocycles. The molecular formula is C23H27N5OS. The highest BCUT2D eigenvalue weighted by atomic mass is 32.1. The summed E-state index contributed by atoms with van der Waals surface area (Å²) in [6.45, 7) is 6.23. The van der Waals surface area contributed by atoms with Crippen LogP contribution in [-0.4, -0.2) is 39.6 Å². The predicted molar refractivity (Wildman–Crippen MR) is 120 cm³/mol. The number of fused-ring (bicyclic) bond motifs is 4. The summed E-state index contributed by atoms with van der Waals surface area (Å²) in [7, 11) is 2.05. The van der Waals surface area contributed by atoms with Crippen molar-refractivity contribution in [2.24, 2.45) is 5.92 Å². The number of rotatable bonds is 5. The van der Waals surface area contributed by atoms with Crippen LogP contribution < -0.4 is 10.5 Å². The number of piperidine rings is 1. The van der Waals surface area contributed by atoms with Crippen molar-refractivity contribution in [3.05, 3.63) is 74.4 Å². The first-order valence-corrected chi connectivity index (χ1v) is 11.4. The van der Waals surface area contributed by atoms with Crippen molar-refractivity contribution < 1.29 is 0 Å². The van der Waals surface area contributed by atoms with Crippen molar-refractivity contribution in [3.8, 4) is 0 Å². The fraction of sp³-hybridized carbons (Fsp3) is 0.435. The predicted octanol–water partition coefficient (Wildman–Crippen LogP) is 3.26. The molecule has 5 heterocycles. The Labute approximate surface area is 180 Å². The minimum absolute atomic E-state index is 0.182. The van der Waals surface area contributed by atoms with Crippen LogP contribution in [0.5, 0.6) is 0 Å². The highest BCUT2D eigenvalue weighted by Gasteiger charge is 2.35. The Kier molecular flexibility index (Phi) is 5.16. The smallest absolute Gasteiger partial charge is 0.255 e. The second-order valence-electron chi connectivity index (χ2n) is 8.66. The van der Waals surface area contributed by atoms with Crippen LogP contribution in [0.15, 0.2) is 46.8 Å². The van der Waals surface area contributed by atoms with Crippen LogP contribution in [0.3, 0.4) is 0 Å². The molecule has 6 nitrogen and oxygen atoms in total. The Morgan fingerprint density at radius 2 is 2.03 bits per heavy atom. The topological polar surface area (TPSA) is 54.3 Å². The van der Waals surface area contributed by atoms with Gasteiger partial charge in [0.15, 0.2) is 0 Å². The van der Waals surface area contributed by atoms with Gasteiger partial charge in [-0.25, -0.2) is 4.98 Å². The van der Waals surface area contributed by atoms with Crippen molar-refractivity contribution in [1.82, 2.24) is 19.4 Å². The van der Waals surface area contributed by atoms with E-state index in [-0.39, 0.29) is 5.56 Å². The van der Waals surface area contributed by atoms with Gasteiger partial charge in [0.1, 0.15) is 5.01 Å². The van der Waals surface area contributed by atoms with Gasteiger partial charge in [-0.15, -0.1) is 11.3 Å². The van der Waals surface area contributed by atoms with Crippen LogP contribution in [0.1, 0.15) is 34.3 Å². The number of thiazole rings is 1. The molecule has 0 radical (unpaired) electrons. The third kappa shape index (κ3) is 3.79. The quantitative estimate of drug-likeness (QED) is 0.633. The molecule has 1 saturated heterocycles. The zero-order chi connectivity index (χ0) is 20.7. The van der Waals surface area contributed by atoms with Gasteiger partial charge < -0.3 is 9.47 Å². The average molecular weight is 422 g/mol. The van der Waals surface area contributed by atoms with Gasteiger partial charge in [-0.05, 0) is 44.5 Å². The minimum atomic E-state index is 0.182.